The maximum atomic E-state index is 13.1. The summed E-state index contributed by atoms with van der Waals surface area (Å²) in [4.78, 5) is 27.8. The fourth-order valence-corrected chi connectivity index (χ4v) is 6.55. The second-order valence-electron chi connectivity index (χ2n) is 9.32. The van der Waals surface area contributed by atoms with Crippen LogP contribution in [0.3, 0.4) is 0 Å². The number of carbonyl (C=O) groups is 2. The van der Waals surface area contributed by atoms with Crippen LogP contribution in [0.25, 0.3) is 0 Å². The number of likely N-dealkylation sites (tertiary alicyclic amines) is 1. The summed E-state index contributed by atoms with van der Waals surface area (Å²) in [5.41, 5.74) is 1.06. The summed E-state index contributed by atoms with van der Waals surface area (Å²) in [6.45, 7) is 6.19. The van der Waals surface area contributed by atoms with Gasteiger partial charge in [0, 0.05) is 38.1 Å². The molecule has 184 valence electrons. The van der Waals surface area contributed by atoms with E-state index in [0.29, 0.717) is 45.4 Å². The fraction of sp³-hybridized carbons (Fsp3) is 0.680. The Labute approximate surface area is 199 Å². The number of carbonyl (C=O) groups excluding carboxylic acids is 2. The fourth-order valence-electron chi connectivity index (χ4n) is 4.87. The van der Waals surface area contributed by atoms with Gasteiger partial charge in [0.15, 0.2) is 0 Å². The molecular formula is C25H39N3O4S. The molecule has 7 nitrogen and oxygen atoms in total. The summed E-state index contributed by atoms with van der Waals surface area (Å²) < 4.78 is 26.3. The van der Waals surface area contributed by atoms with Gasteiger partial charge in [-0.2, -0.15) is 0 Å². The van der Waals surface area contributed by atoms with Gasteiger partial charge >= 0.3 is 0 Å². The highest BCUT2D eigenvalue weighted by molar-refractivity contribution is 7.89. The van der Waals surface area contributed by atoms with Crippen molar-refractivity contribution in [2.24, 2.45) is 5.92 Å². The largest absolute Gasteiger partial charge is 0.353 e. The first-order valence-electron chi connectivity index (χ1n) is 12.5. The minimum Gasteiger partial charge on any atom is -0.353 e. The van der Waals surface area contributed by atoms with Crippen LogP contribution in [0.1, 0.15) is 70.3 Å². The highest BCUT2D eigenvalue weighted by atomic mass is 32.2. The van der Waals surface area contributed by atoms with E-state index in [-0.39, 0.29) is 35.4 Å². The van der Waals surface area contributed by atoms with Crippen LogP contribution in [-0.2, 0) is 19.6 Å². The van der Waals surface area contributed by atoms with Gasteiger partial charge in [0.2, 0.25) is 21.8 Å². The quantitative estimate of drug-likeness (QED) is 0.592. The lowest BCUT2D eigenvalue weighted by molar-refractivity contribution is -0.134. The number of piperidine rings is 2. The van der Waals surface area contributed by atoms with Crippen LogP contribution in [0.15, 0.2) is 30.3 Å². The minimum absolute atomic E-state index is 0.0288. The van der Waals surface area contributed by atoms with Crippen LogP contribution in [0.4, 0.5) is 0 Å². The molecule has 0 saturated carbocycles. The Morgan fingerprint density at radius 1 is 1.00 bits per heavy atom. The smallest absolute Gasteiger partial charge is 0.230 e. The lowest BCUT2D eigenvalue weighted by atomic mass is 9.93. The Kier molecular flexibility index (Phi) is 9.32. The van der Waals surface area contributed by atoms with Crippen molar-refractivity contribution in [3.05, 3.63) is 35.9 Å². The Morgan fingerprint density at radius 3 is 2.21 bits per heavy atom. The zero-order chi connectivity index (χ0) is 23.8. The molecule has 0 spiro atoms. The normalized spacial score (nSPS) is 19.9. The zero-order valence-electron chi connectivity index (χ0n) is 20.0. The van der Waals surface area contributed by atoms with Crippen LogP contribution in [0.5, 0.6) is 0 Å². The van der Waals surface area contributed by atoms with E-state index in [1.54, 1.807) is 4.31 Å². The molecule has 1 aromatic rings. The van der Waals surface area contributed by atoms with Crippen LogP contribution in [-0.4, -0.2) is 67.4 Å². The van der Waals surface area contributed by atoms with Crippen molar-refractivity contribution >= 4 is 21.8 Å². The van der Waals surface area contributed by atoms with Gasteiger partial charge in [-0.3, -0.25) is 9.59 Å². The van der Waals surface area contributed by atoms with E-state index in [1.165, 1.54) is 0 Å². The first kappa shape index (κ1) is 25.7. The Balaban J connectivity index is 1.44. The Morgan fingerprint density at radius 2 is 1.64 bits per heavy atom. The topological polar surface area (TPSA) is 86.8 Å². The first-order valence-corrected chi connectivity index (χ1v) is 14.1. The van der Waals surface area contributed by atoms with Crippen LogP contribution >= 0.6 is 0 Å². The van der Waals surface area contributed by atoms with Gasteiger partial charge in [-0.15, -0.1) is 0 Å². The Bertz CT molecular complexity index is 874. The molecule has 2 aliphatic heterocycles. The van der Waals surface area contributed by atoms with Gasteiger partial charge in [-0.25, -0.2) is 12.7 Å². The molecule has 2 fully saturated rings. The standard InChI is InChI=1S/C25H39N3O4S/c1-3-5-19-33(31,32)28-17-11-21(12-18-28)24(29)26-22-13-15-27(16-14-22)25(30)23(4-2)20-9-7-6-8-10-20/h6-10,21-23H,3-5,11-19H2,1-2H3,(H,26,29). The van der Waals surface area contributed by atoms with Gasteiger partial charge in [-0.05, 0) is 44.1 Å². The summed E-state index contributed by atoms with van der Waals surface area (Å²) in [6, 6.07) is 10.0. The van der Waals surface area contributed by atoms with E-state index in [2.05, 4.69) is 5.32 Å². The van der Waals surface area contributed by atoms with Crippen molar-refractivity contribution in [3.63, 3.8) is 0 Å². The lowest BCUT2D eigenvalue weighted by Gasteiger charge is -2.36. The van der Waals surface area contributed by atoms with Crippen molar-refractivity contribution in [3.8, 4) is 0 Å². The number of amides is 2. The number of unbranched alkanes of at least 4 members (excludes halogenated alkanes) is 1. The molecule has 2 aliphatic rings. The van der Waals surface area contributed by atoms with E-state index in [4.69, 9.17) is 0 Å². The van der Waals surface area contributed by atoms with Gasteiger partial charge in [0.05, 0.1) is 11.7 Å². The van der Waals surface area contributed by atoms with Crippen LogP contribution in [0.2, 0.25) is 0 Å². The molecule has 3 rings (SSSR count). The number of nitrogens with zero attached hydrogens (tertiary/aromatic N) is 2. The number of nitrogens with one attached hydrogen (secondary N) is 1. The molecule has 0 aromatic heterocycles. The molecule has 0 bridgehead atoms. The number of hydrogen-bond donors (Lipinski definition) is 1. The van der Waals surface area contributed by atoms with E-state index >= 15 is 0 Å². The summed E-state index contributed by atoms with van der Waals surface area (Å²) in [5.74, 6) is 0.146. The third-order valence-corrected chi connectivity index (χ3v) is 8.99. The summed E-state index contributed by atoms with van der Waals surface area (Å²) in [7, 11) is -3.20. The highest BCUT2D eigenvalue weighted by Gasteiger charge is 2.33. The molecule has 0 radical (unpaired) electrons. The molecule has 2 saturated heterocycles. The van der Waals surface area contributed by atoms with E-state index in [9.17, 15) is 18.0 Å². The van der Waals surface area contributed by atoms with Crippen molar-refractivity contribution in [1.29, 1.82) is 0 Å². The molecule has 1 N–H and O–H groups in total. The Hall–Kier alpha value is -1.93. The second kappa shape index (κ2) is 12.0. The predicted octanol–water partition coefficient (Wildman–Crippen LogP) is 3.13. The van der Waals surface area contributed by atoms with Crippen LogP contribution < -0.4 is 5.32 Å². The van der Waals surface area contributed by atoms with Gasteiger partial charge in [0.25, 0.3) is 0 Å². The van der Waals surface area contributed by atoms with Crippen molar-refractivity contribution in [1.82, 2.24) is 14.5 Å². The number of sulfonamides is 1. The van der Waals surface area contributed by atoms with E-state index in [1.807, 2.05) is 49.1 Å². The highest BCUT2D eigenvalue weighted by Crippen LogP contribution is 2.25. The maximum Gasteiger partial charge on any atom is 0.230 e. The molecule has 0 aliphatic carbocycles. The summed E-state index contributed by atoms with van der Waals surface area (Å²) in [5, 5.41) is 3.17. The number of hydrogen-bond acceptors (Lipinski definition) is 4. The van der Waals surface area contributed by atoms with E-state index < -0.39 is 10.0 Å². The molecule has 1 atom stereocenters. The number of rotatable bonds is 9. The predicted molar refractivity (Wildman–Crippen MR) is 130 cm³/mol. The lowest BCUT2D eigenvalue weighted by Crippen LogP contribution is -2.50. The monoisotopic (exact) mass is 477 g/mol. The van der Waals surface area contributed by atoms with Gasteiger partial charge in [0.1, 0.15) is 0 Å². The van der Waals surface area contributed by atoms with Crippen LogP contribution in [0, 0.1) is 5.92 Å². The van der Waals surface area contributed by atoms with Gasteiger partial charge < -0.3 is 10.2 Å². The molecule has 2 amide bonds. The summed E-state index contributed by atoms with van der Waals surface area (Å²) >= 11 is 0. The van der Waals surface area contributed by atoms with Crippen molar-refractivity contribution in [2.75, 3.05) is 31.9 Å². The summed E-state index contributed by atoms with van der Waals surface area (Å²) in [6.07, 6.45) is 4.96. The SMILES string of the molecule is CCCCS(=O)(=O)N1CCC(C(=O)NC2CCN(C(=O)C(CC)c3ccccc3)CC2)CC1. The second-order valence-corrected chi connectivity index (χ2v) is 11.4. The molecule has 1 aromatic carbocycles. The molecule has 33 heavy (non-hydrogen) atoms. The van der Waals surface area contributed by atoms with Gasteiger partial charge in [-0.1, -0.05) is 50.6 Å². The van der Waals surface area contributed by atoms with Crippen molar-refractivity contribution in [2.45, 2.75) is 70.8 Å². The maximum absolute atomic E-state index is 13.1. The molecule has 8 heteroatoms. The third kappa shape index (κ3) is 6.79. The molecular weight excluding hydrogens is 438 g/mol. The average molecular weight is 478 g/mol. The van der Waals surface area contributed by atoms with Crippen molar-refractivity contribution < 1.29 is 18.0 Å². The minimum atomic E-state index is -3.20. The van der Waals surface area contributed by atoms with E-state index in [0.717, 1.165) is 31.2 Å². The molecule has 2 heterocycles. The average Bonchev–Trinajstić information content (AvgIpc) is 2.84. The third-order valence-electron chi connectivity index (χ3n) is 7.04. The first-order chi connectivity index (χ1) is 15.9. The molecule has 1 unspecified atom stereocenters. The number of benzene rings is 1. The zero-order valence-corrected chi connectivity index (χ0v) is 20.9.